The molecule has 3 rings (SSSR count). The predicted octanol–water partition coefficient (Wildman–Crippen LogP) is 4.62. The van der Waals surface area contributed by atoms with Gasteiger partial charge in [-0.3, -0.25) is 4.79 Å². The number of fused-ring (bicyclic) bond motifs is 1. The van der Waals surface area contributed by atoms with E-state index >= 15 is 0 Å². The van der Waals surface area contributed by atoms with Gasteiger partial charge in [0.05, 0.1) is 7.11 Å². The number of anilines is 1. The molecular formula is C19H19NO3. The summed E-state index contributed by atoms with van der Waals surface area (Å²) >= 11 is 0. The monoisotopic (exact) mass is 309 g/mol. The first-order chi connectivity index (χ1) is 11.0. The second kappa shape index (κ2) is 5.80. The van der Waals surface area contributed by atoms with E-state index in [-0.39, 0.29) is 5.91 Å². The number of furan rings is 1. The van der Waals surface area contributed by atoms with Crippen molar-refractivity contribution in [3.8, 4) is 5.75 Å². The fourth-order valence-electron chi connectivity index (χ4n) is 2.73. The molecule has 2 aromatic carbocycles. The highest BCUT2D eigenvalue weighted by atomic mass is 16.5. The van der Waals surface area contributed by atoms with Crippen LogP contribution in [0.4, 0.5) is 5.69 Å². The van der Waals surface area contributed by atoms with Crippen molar-refractivity contribution >= 4 is 22.6 Å². The number of nitrogens with one attached hydrogen (secondary N) is 1. The first-order valence-electron chi connectivity index (χ1n) is 7.46. The van der Waals surface area contributed by atoms with Crippen LogP contribution in [0.25, 0.3) is 11.0 Å². The Kier molecular flexibility index (Phi) is 3.82. The number of rotatable bonds is 3. The summed E-state index contributed by atoms with van der Waals surface area (Å²) in [5, 5.41) is 3.85. The normalized spacial score (nSPS) is 10.8. The lowest BCUT2D eigenvalue weighted by molar-refractivity contribution is 0.0997. The van der Waals surface area contributed by atoms with Crippen molar-refractivity contribution < 1.29 is 13.9 Å². The fourth-order valence-corrected chi connectivity index (χ4v) is 2.73. The van der Waals surface area contributed by atoms with Crippen LogP contribution in [0.5, 0.6) is 5.75 Å². The van der Waals surface area contributed by atoms with E-state index in [9.17, 15) is 4.79 Å². The largest absolute Gasteiger partial charge is 0.497 e. The van der Waals surface area contributed by atoms with Gasteiger partial charge in [0, 0.05) is 16.6 Å². The van der Waals surface area contributed by atoms with Crippen molar-refractivity contribution in [2.24, 2.45) is 0 Å². The molecule has 1 aromatic heterocycles. The van der Waals surface area contributed by atoms with Crippen LogP contribution in [0.3, 0.4) is 0 Å². The van der Waals surface area contributed by atoms with Crippen LogP contribution in [-0.4, -0.2) is 13.0 Å². The van der Waals surface area contributed by atoms with E-state index in [4.69, 9.17) is 9.15 Å². The molecule has 1 heterocycles. The molecule has 4 nitrogen and oxygen atoms in total. The zero-order valence-corrected chi connectivity index (χ0v) is 13.7. The van der Waals surface area contributed by atoms with Gasteiger partial charge in [-0.25, -0.2) is 0 Å². The Morgan fingerprint density at radius 2 is 1.78 bits per heavy atom. The van der Waals surface area contributed by atoms with Crippen LogP contribution in [0.1, 0.15) is 27.2 Å². The zero-order chi connectivity index (χ0) is 16.6. The summed E-state index contributed by atoms with van der Waals surface area (Å²) in [4.78, 5) is 12.6. The topological polar surface area (TPSA) is 51.5 Å². The van der Waals surface area contributed by atoms with Crippen molar-refractivity contribution in [2.45, 2.75) is 20.8 Å². The minimum atomic E-state index is -0.241. The Balaban J connectivity index is 2.00. The van der Waals surface area contributed by atoms with Gasteiger partial charge < -0.3 is 14.5 Å². The number of hydrogen-bond donors (Lipinski definition) is 1. The zero-order valence-electron chi connectivity index (χ0n) is 13.7. The number of para-hydroxylation sites is 1. The Morgan fingerprint density at radius 1 is 1.09 bits per heavy atom. The Morgan fingerprint density at radius 3 is 2.43 bits per heavy atom. The van der Waals surface area contributed by atoms with Gasteiger partial charge in [0.2, 0.25) is 0 Å². The summed E-state index contributed by atoms with van der Waals surface area (Å²) in [6, 6.07) is 11.4. The van der Waals surface area contributed by atoms with Gasteiger partial charge in [-0.15, -0.1) is 0 Å². The minimum absolute atomic E-state index is 0.241. The van der Waals surface area contributed by atoms with Crippen LogP contribution >= 0.6 is 0 Å². The molecule has 3 aromatic rings. The van der Waals surface area contributed by atoms with E-state index in [2.05, 4.69) is 5.32 Å². The van der Waals surface area contributed by atoms with Crippen LogP contribution in [0, 0.1) is 20.8 Å². The van der Waals surface area contributed by atoms with Crippen molar-refractivity contribution in [3.05, 3.63) is 58.8 Å². The third kappa shape index (κ3) is 2.68. The van der Waals surface area contributed by atoms with Crippen LogP contribution in [0.15, 0.2) is 40.8 Å². The lowest BCUT2D eigenvalue weighted by Gasteiger charge is -2.10. The molecule has 0 atom stereocenters. The quantitative estimate of drug-likeness (QED) is 0.768. The highest BCUT2D eigenvalue weighted by Gasteiger charge is 2.19. The lowest BCUT2D eigenvalue weighted by Crippen LogP contribution is -2.14. The molecule has 1 N–H and O–H groups in total. The van der Waals surface area contributed by atoms with Crippen LogP contribution in [-0.2, 0) is 0 Å². The van der Waals surface area contributed by atoms with Gasteiger partial charge in [0.15, 0.2) is 5.76 Å². The minimum Gasteiger partial charge on any atom is -0.497 e. The number of carbonyl (C=O) groups excluding carboxylic acids is 1. The van der Waals surface area contributed by atoms with Gasteiger partial charge >= 0.3 is 0 Å². The maximum atomic E-state index is 12.6. The van der Waals surface area contributed by atoms with Gasteiger partial charge in [-0.05, 0) is 50.1 Å². The van der Waals surface area contributed by atoms with E-state index in [1.54, 1.807) is 7.11 Å². The van der Waals surface area contributed by atoms with E-state index in [0.717, 1.165) is 33.5 Å². The van der Waals surface area contributed by atoms with E-state index in [0.29, 0.717) is 11.3 Å². The third-order valence-electron chi connectivity index (χ3n) is 4.07. The molecule has 0 saturated carbocycles. The average Bonchev–Trinajstić information content (AvgIpc) is 2.87. The Labute approximate surface area is 135 Å². The molecule has 0 fully saturated rings. The maximum absolute atomic E-state index is 12.6. The lowest BCUT2D eigenvalue weighted by atomic mass is 10.1. The molecule has 0 spiro atoms. The van der Waals surface area contributed by atoms with Crippen molar-refractivity contribution in [1.29, 1.82) is 0 Å². The fraction of sp³-hybridized carbons (Fsp3) is 0.211. The van der Waals surface area contributed by atoms with Gasteiger partial charge in [-0.1, -0.05) is 18.2 Å². The second-order valence-electron chi connectivity index (χ2n) is 5.64. The average molecular weight is 309 g/mol. The molecule has 1 amide bonds. The van der Waals surface area contributed by atoms with Gasteiger partial charge in [0.1, 0.15) is 11.3 Å². The number of ether oxygens (including phenoxy) is 1. The summed E-state index contributed by atoms with van der Waals surface area (Å²) in [6.45, 7) is 5.82. The molecule has 0 aliphatic rings. The number of aryl methyl sites for hydroxylation is 3. The Hall–Kier alpha value is -2.75. The van der Waals surface area contributed by atoms with E-state index in [1.807, 2.05) is 57.2 Å². The van der Waals surface area contributed by atoms with Crippen molar-refractivity contribution in [1.82, 2.24) is 0 Å². The smallest absolute Gasteiger partial charge is 0.291 e. The van der Waals surface area contributed by atoms with Crippen LogP contribution in [0.2, 0.25) is 0 Å². The summed E-state index contributed by atoms with van der Waals surface area (Å²) in [5.41, 5.74) is 4.36. The molecule has 0 saturated heterocycles. The van der Waals surface area contributed by atoms with Crippen LogP contribution < -0.4 is 10.1 Å². The highest BCUT2D eigenvalue weighted by molar-refractivity contribution is 6.07. The molecule has 23 heavy (non-hydrogen) atoms. The summed E-state index contributed by atoms with van der Waals surface area (Å²) < 4.78 is 11.0. The van der Waals surface area contributed by atoms with Gasteiger partial charge in [-0.2, -0.15) is 0 Å². The number of hydrogen-bond acceptors (Lipinski definition) is 3. The van der Waals surface area contributed by atoms with Crippen molar-refractivity contribution in [2.75, 3.05) is 12.4 Å². The first-order valence-corrected chi connectivity index (χ1v) is 7.46. The van der Waals surface area contributed by atoms with Crippen molar-refractivity contribution in [3.63, 3.8) is 0 Å². The molecule has 0 radical (unpaired) electrons. The third-order valence-corrected chi connectivity index (χ3v) is 4.07. The summed E-state index contributed by atoms with van der Waals surface area (Å²) in [6.07, 6.45) is 0. The second-order valence-corrected chi connectivity index (χ2v) is 5.64. The number of benzene rings is 2. The molecule has 0 unspecified atom stereocenters. The number of carbonyl (C=O) groups is 1. The molecule has 0 bridgehead atoms. The molecule has 0 aliphatic carbocycles. The predicted molar refractivity (Wildman–Crippen MR) is 91.4 cm³/mol. The Bertz CT molecular complexity index is 873. The SMILES string of the molecule is COc1ccc2oc(C(=O)Nc3c(C)cccc3C)c(C)c2c1. The maximum Gasteiger partial charge on any atom is 0.291 e. The number of amides is 1. The van der Waals surface area contributed by atoms with E-state index in [1.165, 1.54) is 0 Å². The number of methoxy groups -OCH3 is 1. The molecule has 118 valence electrons. The highest BCUT2D eigenvalue weighted by Crippen LogP contribution is 2.30. The molecular weight excluding hydrogens is 290 g/mol. The summed E-state index contributed by atoms with van der Waals surface area (Å²) in [7, 11) is 1.62. The summed E-state index contributed by atoms with van der Waals surface area (Å²) in [5.74, 6) is 0.828. The van der Waals surface area contributed by atoms with Gasteiger partial charge in [0.25, 0.3) is 5.91 Å². The first kappa shape index (κ1) is 15.2. The molecule has 0 aliphatic heterocycles. The standard InChI is InChI=1S/C19H19NO3/c1-11-6-5-7-12(2)17(11)20-19(21)18-13(3)15-10-14(22-4)8-9-16(15)23-18/h5-10H,1-4H3,(H,20,21). The van der Waals surface area contributed by atoms with E-state index < -0.39 is 0 Å². The molecule has 4 heteroatoms.